The summed E-state index contributed by atoms with van der Waals surface area (Å²) in [5, 5.41) is 6.21. The quantitative estimate of drug-likeness (QED) is 0.517. The number of carbonyl (C=O) groups excluding carboxylic acids is 3. The lowest BCUT2D eigenvalue weighted by Gasteiger charge is -2.25. The molecule has 0 spiro atoms. The van der Waals surface area contributed by atoms with E-state index in [0.29, 0.717) is 29.7 Å². The van der Waals surface area contributed by atoms with Gasteiger partial charge in [-0.25, -0.2) is 9.89 Å². The second-order valence-corrected chi connectivity index (χ2v) is 9.39. The number of amides is 3. The van der Waals surface area contributed by atoms with Crippen LogP contribution >= 0.6 is 11.8 Å². The molecular formula is C26H29N5O3S. The van der Waals surface area contributed by atoms with Crippen molar-refractivity contribution in [3.63, 3.8) is 0 Å². The van der Waals surface area contributed by atoms with Gasteiger partial charge in [0.15, 0.2) is 5.17 Å². The largest absolute Gasteiger partial charge is 0.356 e. The third-order valence-electron chi connectivity index (χ3n) is 5.80. The highest BCUT2D eigenvalue weighted by molar-refractivity contribution is 8.14. The van der Waals surface area contributed by atoms with Gasteiger partial charge in [-0.15, -0.1) is 0 Å². The Hall–Kier alpha value is -3.46. The van der Waals surface area contributed by atoms with Crippen LogP contribution in [0.1, 0.15) is 43.7 Å². The first kappa shape index (κ1) is 24.7. The zero-order chi connectivity index (χ0) is 24.8. The maximum absolute atomic E-state index is 13.3. The van der Waals surface area contributed by atoms with Crippen LogP contribution in [0.25, 0.3) is 0 Å². The molecule has 0 fully saturated rings. The van der Waals surface area contributed by atoms with Crippen molar-refractivity contribution in [3.05, 3.63) is 59.7 Å². The number of aliphatic imine (C=N–C) groups is 2. The van der Waals surface area contributed by atoms with Gasteiger partial charge in [-0.1, -0.05) is 55.4 Å². The van der Waals surface area contributed by atoms with Gasteiger partial charge in [-0.05, 0) is 43.5 Å². The number of nitrogens with one attached hydrogen (secondary N) is 2. The Morgan fingerprint density at radius 2 is 1.86 bits per heavy atom. The summed E-state index contributed by atoms with van der Waals surface area (Å²) in [5.74, 6) is 0.140. The highest BCUT2D eigenvalue weighted by Gasteiger charge is 2.41. The zero-order valence-corrected chi connectivity index (χ0v) is 20.7. The van der Waals surface area contributed by atoms with Gasteiger partial charge in [-0.3, -0.25) is 19.4 Å². The average Bonchev–Trinajstić information content (AvgIpc) is 3.19. The number of hydrogen-bond donors (Lipinski definition) is 2. The summed E-state index contributed by atoms with van der Waals surface area (Å²) in [5.41, 5.74) is 3.20. The van der Waals surface area contributed by atoms with Gasteiger partial charge >= 0.3 is 0 Å². The molecule has 2 aliphatic rings. The fraction of sp³-hybridized carbons (Fsp3) is 0.346. The van der Waals surface area contributed by atoms with Crippen LogP contribution in [0.15, 0.2) is 58.5 Å². The molecule has 2 aliphatic heterocycles. The summed E-state index contributed by atoms with van der Waals surface area (Å²) in [6.07, 6.45) is 2.48. The molecule has 0 aromatic heterocycles. The molecule has 0 saturated heterocycles. The minimum atomic E-state index is -0.653. The molecule has 0 saturated carbocycles. The van der Waals surface area contributed by atoms with Crippen LogP contribution in [0.3, 0.4) is 0 Å². The molecule has 9 heteroatoms. The average molecular weight is 492 g/mol. The van der Waals surface area contributed by atoms with Gasteiger partial charge < -0.3 is 10.6 Å². The summed E-state index contributed by atoms with van der Waals surface area (Å²) in [7, 11) is 0. The van der Waals surface area contributed by atoms with E-state index in [1.54, 1.807) is 0 Å². The molecule has 1 atom stereocenters. The normalized spacial score (nSPS) is 16.2. The van der Waals surface area contributed by atoms with Gasteiger partial charge in [0.2, 0.25) is 11.8 Å². The molecule has 0 radical (unpaired) electrons. The van der Waals surface area contributed by atoms with Crippen LogP contribution in [0.2, 0.25) is 0 Å². The molecule has 0 aliphatic carbocycles. The second kappa shape index (κ2) is 11.3. The molecule has 35 heavy (non-hydrogen) atoms. The lowest BCUT2D eigenvalue weighted by atomic mass is 10.1. The number of aryl methyl sites for hydroxylation is 1. The molecule has 0 unspecified atom stereocenters. The molecular weight excluding hydrogens is 462 g/mol. The topological polar surface area (TPSA) is 103 Å². The van der Waals surface area contributed by atoms with Crippen molar-refractivity contribution < 1.29 is 14.4 Å². The third-order valence-corrected chi connectivity index (χ3v) is 6.74. The molecule has 3 amide bonds. The number of para-hydroxylation sites is 2. The minimum absolute atomic E-state index is 0.0761. The summed E-state index contributed by atoms with van der Waals surface area (Å²) in [4.78, 5) is 48.9. The standard InChI is InChI=1S/C26H29N5O3S/c1-3-4-15-27-22(32)14-13-21-25(34)31-24(29-21)18-10-6-8-12-20(18)30-26(31)35-16-23(33)28-19-11-7-5-9-17(19)2/h5-12,21H,3-4,13-16H2,1-2H3,(H,27,32)(H,28,33)/t21-/m0/s1. The first-order valence-corrected chi connectivity index (χ1v) is 12.8. The predicted molar refractivity (Wildman–Crippen MR) is 140 cm³/mol. The van der Waals surface area contributed by atoms with Crippen molar-refractivity contribution in [1.82, 2.24) is 10.2 Å². The van der Waals surface area contributed by atoms with Crippen molar-refractivity contribution in [2.45, 2.75) is 45.6 Å². The molecule has 0 bridgehead atoms. The molecule has 2 aromatic carbocycles. The van der Waals surface area contributed by atoms with Gasteiger partial charge in [0.25, 0.3) is 5.91 Å². The monoisotopic (exact) mass is 491 g/mol. The van der Waals surface area contributed by atoms with Crippen molar-refractivity contribution in [3.8, 4) is 0 Å². The number of nitrogens with zero attached hydrogens (tertiary/aromatic N) is 3. The van der Waals surface area contributed by atoms with Crippen molar-refractivity contribution in [2.24, 2.45) is 9.98 Å². The van der Waals surface area contributed by atoms with Gasteiger partial charge in [0.1, 0.15) is 11.9 Å². The summed E-state index contributed by atoms with van der Waals surface area (Å²) in [6.45, 7) is 4.64. The van der Waals surface area contributed by atoms with E-state index in [2.05, 4.69) is 27.5 Å². The van der Waals surface area contributed by atoms with E-state index in [1.165, 1.54) is 16.7 Å². The van der Waals surface area contributed by atoms with E-state index in [9.17, 15) is 14.4 Å². The Morgan fingerprint density at radius 3 is 2.66 bits per heavy atom. The number of fused-ring (bicyclic) bond motifs is 3. The van der Waals surface area contributed by atoms with Crippen molar-refractivity contribution in [2.75, 3.05) is 17.6 Å². The predicted octanol–water partition coefficient (Wildman–Crippen LogP) is 4.02. The van der Waals surface area contributed by atoms with Gasteiger partial charge in [-0.2, -0.15) is 0 Å². The second-order valence-electron chi connectivity index (χ2n) is 8.45. The van der Waals surface area contributed by atoms with Gasteiger partial charge in [0, 0.05) is 24.2 Å². The summed E-state index contributed by atoms with van der Waals surface area (Å²) >= 11 is 1.20. The van der Waals surface area contributed by atoms with E-state index in [0.717, 1.165) is 29.7 Å². The van der Waals surface area contributed by atoms with Crippen LogP contribution in [-0.2, 0) is 14.4 Å². The number of thioether (sulfide) groups is 1. The van der Waals surface area contributed by atoms with Crippen LogP contribution < -0.4 is 10.6 Å². The van der Waals surface area contributed by atoms with Crippen LogP contribution in [0.5, 0.6) is 0 Å². The Labute approximate surface area is 209 Å². The fourth-order valence-electron chi connectivity index (χ4n) is 3.88. The van der Waals surface area contributed by atoms with Crippen LogP contribution in [-0.4, -0.2) is 52.0 Å². The number of unbranched alkanes of at least 4 members (excludes halogenated alkanes) is 1. The first-order chi connectivity index (χ1) is 17.0. The highest BCUT2D eigenvalue weighted by Crippen LogP contribution is 2.34. The van der Waals surface area contributed by atoms with Crippen LogP contribution in [0, 0.1) is 6.92 Å². The number of rotatable bonds is 9. The highest BCUT2D eigenvalue weighted by atomic mass is 32.2. The van der Waals surface area contributed by atoms with Crippen LogP contribution in [0.4, 0.5) is 11.4 Å². The molecule has 2 N–H and O–H groups in total. The van der Waals surface area contributed by atoms with E-state index < -0.39 is 6.04 Å². The molecule has 182 valence electrons. The lowest BCUT2D eigenvalue weighted by molar-refractivity contribution is -0.125. The van der Waals surface area contributed by atoms with E-state index in [-0.39, 0.29) is 29.9 Å². The Bertz CT molecular complexity index is 1190. The number of hydrogen-bond acceptors (Lipinski definition) is 6. The zero-order valence-electron chi connectivity index (χ0n) is 19.9. The molecule has 4 rings (SSSR count). The minimum Gasteiger partial charge on any atom is -0.356 e. The smallest absolute Gasteiger partial charge is 0.259 e. The Kier molecular flexibility index (Phi) is 7.97. The molecule has 2 aromatic rings. The number of carbonyl (C=O) groups is 3. The van der Waals surface area contributed by atoms with E-state index in [1.807, 2.05) is 55.5 Å². The van der Waals surface area contributed by atoms with E-state index in [4.69, 9.17) is 0 Å². The maximum atomic E-state index is 13.3. The maximum Gasteiger partial charge on any atom is 0.259 e. The Morgan fingerprint density at radius 1 is 1.09 bits per heavy atom. The SMILES string of the molecule is CCCCNC(=O)CC[C@@H]1N=C2c3ccccc3N=C(SCC(=O)Nc3ccccc3C)N2C1=O. The summed E-state index contributed by atoms with van der Waals surface area (Å²) in [6, 6.07) is 14.4. The van der Waals surface area contributed by atoms with Crippen molar-refractivity contribution in [1.29, 1.82) is 0 Å². The Balaban J connectivity index is 1.46. The van der Waals surface area contributed by atoms with Crippen molar-refractivity contribution >= 4 is 51.9 Å². The lowest BCUT2D eigenvalue weighted by Crippen LogP contribution is -2.41. The first-order valence-electron chi connectivity index (χ1n) is 11.8. The number of benzene rings is 2. The fourth-order valence-corrected chi connectivity index (χ4v) is 4.68. The number of anilines is 1. The van der Waals surface area contributed by atoms with Gasteiger partial charge in [0.05, 0.1) is 11.4 Å². The third kappa shape index (κ3) is 5.79. The number of amidine groups is 2. The molecule has 8 nitrogen and oxygen atoms in total. The van der Waals surface area contributed by atoms with E-state index >= 15 is 0 Å². The summed E-state index contributed by atoms with van der Waals surface area (Å²) < 4.78 is 0. The molecule has 2 heterocycles.